The predicted molar refractivity (Wildman–Crippen MR) is 52.9 cm³/mol. The van der Waals surface area contributed by atoms with Crippen molar-refractivity contribution in [1.29, 1.82) is 10.5 Å². The van der Waals surface area contributed by atoms with Crippen LogP contribution in [-0.2, 0) is 16.1 Å². The van der Waals surface area contributed by atoms with Gasteiger partial charge in [0, 0.05) is 0 Å². The maximum Gasteiger partial charge on any atom is 0.326 e. The molecule has 0 spiro atoms. The molecule has 0 aliphatic heterocycles. The molecule has 6 heteroatoms. The number of nitriles is 2. The maximum absolute atomic E-state index is 11.3. The Morgan fingerprint density at radius 1 is 1.56 bits per heavy atom. The van der Waals surface area contributed by atoms with Crippen LogP contribution in [-0.4, -0.2) is 21.6 Å². The molecule has 1 heterocycles. The maximum atomic E-state index is 11.3. The highest BCUT2D eigenvalue weighted by Crippen LogP contribution is 2.05. The summed E-state index contributed by atoms with van der Waals surface area (Å²) in [6.07, 6.45) is 1.07. The molecular weight excluding hydrogens is 208 g/mol. The average Bonchev–Trinajstić information content (AvgIpc) is 2.58. The van der Waals surface area contributed by atoms with Gasteiger partial charge in [-0.05, 0) is 13.8 Å². The number of ether oxygens (including phenoxy) is 1. The van der Waals surface area contributed by atoms with E-state index in [-0.39, 0.29) is 24.0 Å². The fraction of sp³-hybridized carbons (Fsp3) is 0.400. The highest BCUT2D eigenvalue weighted by atomic mass is 16.5. The summed E-state index contributed by atoms with van der Waals surface area (Å²) in [5.74, 6) is -0.464. The Morgan fingerprint density at radius 3 is 2.75 bits per heavy atom. The van der Waals surface area contributed by atoms with Gasteiger partial charge in [0.25, 0.3) is 0 Å². The number of hydrogen-bond donors (Lipinski definition) is 0. The summed E-state index contributed by atoms with van der Waals surface area (Å²) < 4.78 is 6.21. The Balaban J connectivity index is 2.84. The van der Waals surface area contributed by atoms with E-state index in [2.05, 4.69) is 4.98 Å². The minimum Gasteiger partial charge on any atom is -0.462 e. The monoisotopic (exact) mass is 218 g/mol. The number of carbonyl (C=O) groups excluding carboxylic acids is 1. The average molecular weight is 218 g/mol. The van der Waals surface area contributed by atoms with Crippen molar-refractivity contribution < 1.29 is 9.53 Å². The molecule has 0 aliphatic rings. The van der Waals surface area contributed by atoms with Crippen LogP contribution in [0.5, 0.6) is 0 Å². The minimum atomic E-state index is -0.464. The Labute approximate surface area is 92.7 Å². The van der Waals surface area contributed by atoms with Crippen molar-refractivity contribution >= 4 is 5.97 Å². The lowest BCUT2D eigenvalue weighted by atomic mass is 10.3. The summed E-state index contributed by atoms with van der Waals surface area (Å²) in [5, 5.41) is 17.4. The second-order valence-electron chi connectivity index (χ2n) is 3.33. The Bertz CT molecular complexity index is 476. The van der Waals surface area contributed by atoms with Crippen molar-refractivity contribution in [2.75, 3.05) is 0 Å². The first-order valence-corrected chi connectivity index (χ1v) is 4.63. The zero-order valence-electron chi connectivity index (χ0n) is 8.97. The molecule has 0 unspecified atom stereocenters. The topological polar surface area (TPSA) is 91.7 Å². The SMILES string of the molecule is CC(C)OC(=O)Cn1cnc(C#N)c1C#N. The van der Waals surface area contributed by atoms with Crippen LogP contribution in [0.25, 0.3) is 0 Å². The summed E-state index contributed by atoms with van der Waals surface area (Å²) >= 11 is 0. The lowest BCUT2D eigenvalue weighted by molar-refractivity contribution is -0.148. The highest BCUT2D eigenvalue weighted by molar-refractivity contribution is 5.69. The van der Waals surface area contributed by atoms with Crippen molar-refractivity contribution in [3.8, 4) is 12.1 Å². The normalized spacial score (nSPS) is 9.56. The van der Waals surface area contributed by atoms with Crippen LogP contribution < -0.4 is 0 Å². The summed E-state index contributed by atoms with van der Waals surface area (Å²) in [6.45, 7) is 3.35. The molecule has 0 radical (unpaired) electrons. The molecule has 1 rings (SSSR count). The third kappa shape index (κ3) is 2.58. The number of aromatic nitrogens is 2. The van der Waals surface area contributed by atoms with Crippen LogP contribution in [0.15, 0.2) is 6.33 Å². The second kappa shape index (κ2) is 4.94. The molecule has 0 atom stereocenters. The molecule has 0 amide bonds. The van der Waals surface area contributed by atoms with Gasteiger partial charge in [-0.1, -0.05) is 0 Å². The van der Waals surface area contributed by atoms with E-state index in [1.807, 2.05) is 6.07 Å². The van der Waals surface area contributed by atoms with E-state index >= 15 is 0 Å². The molecule has 82 valence electrons. The van der Waals surface area contributed by atoms with Gasteiger partial charge >= 0.3 is 5.97 Å². The van der Waals surface area contributed by atoms with Gasteiger partial charge in [-0.3, -0.25) is 4.79 Å². The quantitative estimate of drug-likeness (QED) is 0.692. The first kappa shape index (κ1) is 11.7. The van der Waals surface area contributed by atoms with E-state index in [1.54, 1.807) is 19.9 Å². The fourth-order valence-electron chi connectivity index (χ4n) is 1.14. The fourth-order valence-corrected chi connectivity index (χ4v) is 1.14. The molecular formula is C10H10N4O2. The Morgan fingerprint density at radius 2 is 2.25 bits per heavy atom. The predicted octanol–water partition coefficient (Wildman–Crippen LogP) is 0.578. The molecule has 1 aromatic heterocycles. The Hall–Kier alpha value is -2.34. The number of carbonyl (C=O) groups is 1. The standard InChI is InChI=1S/C10H10N4O2/c1-7(2)16-10(15)5-14-6-13-8(3-11)9(14)4-12/h6-7H,5H2,1-2H3. The minimum absolute atomic E-state index is 0.0137. The number of esters is 1. The molecule has 0 saturated heterocycles. The van der Waals surface area contributed by atoms with Crippen molar-refractivity contribution in [1.82, 2.24) is 9.55 Å². The molecule has 0 aromatic carbocycles. The number of imidazole rings is 1. The zero-order chi connectivity index (χ0) is 12.1. The lowest BCUT2D eigenvalue weighted by Crippen LogP contribution is -2.17. The molecule has 16 heavy (non-hydrogen) atoms. The summed E-state index contributed by atoms with van der Waals surface area (Å²) in [5.41, 5.74) is 0.0862. The zero-order valence-corrected chi connectivity index (χ0v) is 8.97. The molecule has 1 aromatic rings. The largest absolute Gasteiger partial charge is 0.462 e. The molecule has 6 nitrogen and oxygen atoms in total. The third-order valence-electron chi connectivity index (χ3n) is 1.72. The van der Waals surface area contributed by atoms with Crippen LogP contribution in [0, 0.1) is 22.7 Å². The first-order valence-electron chi connectivity index (χ1n) is 4.63. The summed E-state index contributed by atoms with van der Waals surface area (Å²) in [6, 6.07) is 3.60. The van der Waals surface area contributed by atoms with Crippen LogP contribution in [0.1, 0.15) is 25.2 Å². The summed E-state index contributed by atoms with van der Waals surface area (Å²) in [4.78, 5) is 15.0. The molecule has 0 bridgehead atoms. The van der Waals surface area contributed by atoms with E-state index in [9.17, 15) is 4.79 Å². The van der Waals surface area contributed by atoms with Crippen LogP contribution in [0.3, 0.4) is 0 Å². The molecule has 0 aliphatic carbocycles. The lowest BCUT2D eigenvalue weighted by Gasteiger charge is -2.08. The van der Waals surface area contributed by atoms with Crippen molar-refractivity contribution in [2.45, 2.75) is 26.5 Å². The van der Waals surface area contributed by atoms with Crippen LogP contribution in [0.4, 0.5) is 0 Å². The van der Waals surface area contributed by atoms with E-state index in [4.69, 9.17) is 15.3 Å². The van der Waals surface area contributed by atoms with Gasteiger partial charge in [-0.25, -0.2) is 4.98 Å². The van der Waals surface area contributed by atoms with E-state index in [1.165, 1.54) is 10.9 Å². The summed E-state index contributed by atoms with van der Waals surface area (Å²) in [7, 11) is 0. The van der Waals surface area contributed by atoms with Crippen LogP contribution >= 0.6 is 0 Å². The molecule has 0 fully saturated rings. The second-order valence-corrected chi connectivity index (χ2v) is 3.33. The van der Waals surface area contributed by atoms with Crippen molar-refractivity contribution in [3.63, 3.8) is 0 Å². The van der Waals surface area contributed by atoms with Gasteiger partial charge in [-0.15, -0.1) is 0 Å². The van der Waals surface area contributed by atoms with Gasteiger partial charge in [0.1, 0.15) is 18.7 Å². The molecule has 0 N–H and O–H groups in total. The van der Waals surface area contributed by atoms with Gasteiger partial charge in [-0.2, -0.15) is 10.5 Å². The highest BCUT2D eigenvalue weighted by Gasteiger charge is 2.13. The van der Waals surface area contributed by atoms with Gasteiger partial charge < -0.3 is 9.30 Å². The van der Waals surface area contributed by atoms with E-state index in [0.29, 0.717) is 0 Å². The van der Waals surface area contributed by atoms with Crippen molar-refractivity contribution in [3.05, 3.63) is 17.7 Å². The number of rotatable bonds is 3. The van der Waals surface area contributed by atoms with E-state index < -0.39 is 5.97 Å². The first-order chi connectivity index (χ1) is 7.58. The van der Waals surface area contributed by atoms with Crippen molar-refractivity contribution in [2.24, 2.45) is 0 Å². The number of hydrogen-bond acceptors (Lipinski definition) is 5. The Kier molecular flexibility index (Phi) is 3.62. The van der Waals surface area contributed by atoms with E-state index in [0.717, 1.165) is 0 Å². The number of nitrogens with zero attached hydrogens (tertiary/aromatic N) is 4. The smallest absolute Gasteiger partial charge is 0.326 e. The van der Waals surface area contributed by atoms with Gasteiger partial charge in [0.15, 0.2) is 11.4 Å². The van der Waals surface area contributed by atoms with Gasteiger partial charge in [0.05, 0.1) is 12.4 Å². The molecule has 0 saturated carbocycles. The van der Waals surface area contributed by atoms with Crippen LogP contribution in [0.2, 0.25) is 0 Å². The third-order valence-corrected chi connectivity index (χ3v) is 1.72. The van der Waals surface area contributed by atoms with Gasteiger partial charge in [0.2, 0.25) is 0 Å².